The molecule has 3 N–H and O–H groups in total. The van der Waals surface area contributed by atoms with Crippen molar-refractivity contribution in [3.8, 4) is 0 Å². The van der Waals surface area contributed by atoms with E-state index in [4.69, 9.17) is 0 Å². The first kappa shape index (κ1) is 17.5. The first-order valence-corrected chi connectivity index (χ1v) is 7.55. The van der Waals surface area contributed by atoms with Gasteiger partial charge in [0.2, 0.25) is 5.91 Å². The molecule has 0 aromatic carbocycles. The van der Waals surface area contributed by atoms with Gasteiger partial charge in [-0.15, -0.1) is 0 Å². The van der Waals surface area contributed by atoms with Gasteiger partial charge in [0.15, 0.2) is 0 Å². The van der Waals surface area contributed by atoms with Crippen molar-refractivity contribution >= 4 is 11.7 Å². The fourth-order valence-electron chi connectivity index (χ4n) is 2.73. The van der Waals surface area contributed by atoms with Crippen LogP contribution in [-0.2, 0) is 11.0 Å². The maximum absolute atomic E-state index is 12.8. The summed E-state index contributed by atoms with van der Waals surface area (Å²) < 4.78 is 38.3. The van der Waals surface area contributed by atoms with Crippen LogP contribution in [-0.4, -0.2) is 34.7 Å². The summed E-state index contributed by atoms with van der Waals surface area (Å²) in [5.41, 5.74) is -1.77. The van der Waals surface area contributed by atoms with Crippen LogP contribution in [0.2, 0.25) is 0 Å². The predicted octanol–water partition coefficient (Wildman–Crippen LogP) is 2.32. The number of alkyl halides is 3. The molecule has 0 bridgehead atoms. The second kappa shape index (κ2) is 7.16. The van der Waals surface area contributed by atoms with Gasteiger partial charge in [0.05, 0.1) is 17.6 Å². The van der Waals surface area contributed by atoms with Gasteiger partial charge < -0.3 is 15.7 Å². The molecule has 0 aliphatic heterocycles. The van der Waals surface area contributed by atoms with Crippen molar-refractivity contribution in [3.63, 3.8) is 0 Å². The summed E-state index contributed by atoms with van der Waals surface area (Å²) >= 11 is 0. The molecule has 0 unspecified atom stereocenters. The van der Waals surface area contributed by atoms with Crippen molar-refractivity contribution in [2.24, 2.45) is 0 Å². The summed E-state index contributed by atoms with van der Waals surface area (Å²) in [5, 5.41) is 15.3. The molecular formula is C15H20F3N3O2. The molecule has 23 heavy (non-hydrogen) atoms. The maximum atomic E-state index is 12.8. The molecule has 5 nitrogen and oxygen atoms in total. The lowest BCUT2D eigenvalue weighted by Crippen LogP contribution is -2.36. The smallest absolute Gasteiger partial charge is 0.389 e. The van der Waals surface area contributed by atoms with Gasteiger partial charge in [-0.25, -0.2) is 4.98 Å². The quantitative estimate of drug-likeness (QED) is 0.700. The Hall–Kier alpha value is -1.83. The van der Waals surface area contributed by atoms with E-state index in [0.29, 0.717) is 12.8 Å². The van der Waals surface area contributed by atoms with Crippen molar-refractivity contribution in [2.45, 2.75) is 43.9 Å². The van der Waals surface area contributed by atoms with E-state index in [1.54, 1.807) is 0 Å². The molecule has 1 aromatic rings. The zero-order chi connectivity index (χ0) is 16.9. The minimum Gasteiger partial charge on any atom is -0.389 e. The standard InChI is InChI=1S/C15H20F3N3O2/c16-15(17,18)11-4-3-7-20-13(11)21-9-8-19-12(22)10-14(23)5-1-2-6-14/h3-4,7,23H,1-2,5-6,8-10H2,(H,19,22)(H,20,21). The molecule has 1 amide bonds. The van der Waals surface area contributed by atoms with Crippen LogP contribution in [0.5, 0.6) is 0 Å². The van der Waals surface area contributed by atoms with Crippen LogP contribution in [0.1, 0.15) is 37.7 Å². The molecule has 0 radical (unpaired) electrons. The van der Waals surface area contributed by atoms with Gasteiger partial charge in [-0.2, -0.15) is 13.2 Å². The number of hydrogen-bond acceptors (Lipinski definition) is 4. The van der Waals surface area contributed by atoms with Gasteiger partial charge in [-0.3, -0.25) is 4.79 Å². The Morgan fingerprint density at radius 1 is 1.30 bits per heavy atom. The number of carbonyl (C=O) groups excluding carboxylic acids is 1. The largest absolute Gasteiger partial charge is 0.419 e. The van der Waals surface area contributed by atoms with Crippen LogP contribution in [0, 0.1) is 0 Å². The molecule has 0 atom stereocenters. The second-order valence-corrected chi connectivity index (χ2v) is 5.78. The van der Waals surface area contributed by atoms with Crippen LogP contribution in [0.3, 0.4) is 0 Å². The lowest BCUT2D eigenvalue weighted by molar-refractivity contribution is -0.137. The third kappa shape index (κ3) is 5.09. The van der Waals surface area contributed by atoms with E-state index in [0.717, 1.165) is 18.9 Å². The normalized spacial score (nSPS) is 17.0. The lowest BCUT2D eigenvalue weighted by Gasteiger charge is -2.21. The second-order valence-electron chi connectivity index (χ2n) is 5.78. The molecular weight excluding hydrogens is 311 g/mol. The average Bonchev–Trinajstić information content (AvgIpc) is 2.89. The summed E-state index contributed by atoms with van der Waals surface area (Å²) in [4.78, 5) is 15.4. The number of amides is 1. The van der Waals surface area contributed by atoms with E-state index < -0.39 is 17.3 Å². The topological polar surface area (TPSA) is 74.2 Å². The van der Waals surface area contributed by atoms with E-state index in [2.05, 4.69) is 15.6 Å². The highest BCUT2D eigenvalue weighted by Crippen LogP contribution is 2.33. The first-order valence-electron chi connectivity index (χ1n) is 7.55. The van der Waals surface area contributed by atoms with Crippen LogP contribution in [0.15, 0.2) is 18.3 Å². The molecule has 1 aliphatic rings. The van der Waals surface area contributed by atoms with Gasteiger partial charge in [-0.1, -0.05) is 12.8 Å². The van der Waals surface area contributed by atoms with E-state index in [9.17, 15) is 23.1 Å². The SMILES string of the molecule is O=C(CC1(O)CCCC1)NCCNc1ncccc1C(F)(F)F. The molecule has 128 valence electrons. The Kier molecular flexibility index (Phi) is 5.46. The number of carbonyl (C=O) groups is 1. The Morgan fingerprint density at radius 3 is 2.65 bits per heavy atom. The number of pyridine rings is 1. The third-order valence-corrected chi connectivity index (χ3v) is 3.88. The van der Waals surface area contributed by atoms with Gasteiger partial charge in [-0.05, 0) is 25.0 Å². The monoisotopic (exact) mass is 331 g/mol. The van der Waals surface area contributed by atoms with Crippen LogP contribution in [0.25, 0.3) is 0 Å². The highest BCUT2D eigenvalue weighted by Gasteiger charge is 2.34. The molecule has 2 rings (SSSR count). The van der Waals surface area contributed by atoms with Crippen LogP contribution < -0.4 is 10.6 Å². The zero-order valence-corrected chi connectivity index (χ0v) is 12.6. The highest BCUT2D eigenvalue weighted by molar-refractivity contribution is 5.77. The molecule has 8 heteroatoms. The van der Waals surface area contributed by atoms with Crippen molar-refractivity contribution in [3.05, 3.63) is 23.9 Å². The predicted molar refractivity (Wildman–Crippen MR) is 78.8 cm³/mol. The Labute approximate surface area is 132 Å². The Balaban J connectivity index is 1.76. The molecule has 0 saturated heterocycles. The number of hydrogen-bond donors (Lipinski definition) is 3. The minimum atomic E-state index is -4.48. The van der Waals surface area contributed by atoms with Crippen molar-refractivity contribution in [1.29, 1.82) is 0 Å². The van der Waals surface area contributed by atoms with Crippen molar-refractivity contribution in [2.75, 3.05) is 18.4 Å². The zero-order valence-electron chi connectivity index (χ0n) is 12.6. The highest BCUT2D eigenvalue weighted by atomic mass is 19.4. The summed E-state index contributed by atoms with van der Waals surface area (Å²) in [6, 6.07) is 2.17. The number of rotatable bonds is 6. The fourth-order valence-corrected chi connectivity index (χ4v) is 2.73. The fraction of sp³-hybridized carbons (Fsp3) is 0.600. The van der Waals surface area contributed by atoms with Gasteiger partial charge in [0, 0.05) is 19.3 Å². The molecule has 1 saturated carbocycles. The van der Waals surface area contributed by atoms with Crippen molar-refractivity contribution in [1.82, 2.24) is 10.3 Å². The number of aliphatic hydroxyl groups is 1. The molecule has 1 fully saturated rings. The molecule has 1 aromatic heterocycles. The molecule has 1 heterocycles. The minimum absolute atomic E-state index is 0.0321. The molecule has 0 spiro atoms. The summed E-state index contributed by atoms with van der Waals surface area (Å²) in [6.45, 7) is 0.271. The number of aromatic nitrogens is 1. The Bertz CT molecular complexity index is 543. The van der Waals surface area contributed by atoms with Crippen LogP contribution in [0.4, 0.5) is 19.0 Å². The Morgan fingerprint density at radius 2 is 2.00 bits per heavy atom. The number of anilines is 1. The van der Waals surface area contributed by atoms with E-state index in [1.165, 1.54) is 12.3 Å². The number of halogens is 3. The average molecular weight is 331 g/mol. The third-order valence-electron chi connectivity index (χ3n) is 3.88. The van der Waals surface area contributed by atoms with Gasteiger partial charge in [0.25, 0.3) is 0 Å². The van der Waals surface area contributed by atoms with Crippen LogP contribution >= 0.6 is 0 Å². The number of nitrogens with zero attached hydrogens (tertiary/aromatic N) is 1. The summed E-state index contributed by atoms with van der Waals surface area (Å²) in [5.74, 6) is -0.558. The maximum Gasteiger partial charge on any atom is 0.419 e. The number of nitrogens with one attached hydrogen (secondary N) is 2. The summed E-state index contributed by atoms with van der Waals surface area (Å²) in [6.07, 6.45) is -0.138. The van der Waals surface area contributed by atoms with Gasteiger partial charge >= 0.3 is 6.18 Å². The first-order chi connectivity index (χ1) is 10.8. The van der Waals surface area contributed by atoms with Gasteiger partial charge in [0.1, 0.15) is 5.82 Å². The lowest BCUT2D eigenvalue weighted by atomic mass is 9.98. The summed E-state index contributed by atoms with van der Waals surface area (Å²) in [7, 11) is 0. The van der Waals surface area contributed by atoms with E-state index in [1.807, 2.05) is 0 Å². The molecule has 1 aliphatic carbocycles. The van der Waals surface area contributed by atoms with Crippen molar-refractivity contribution < 1.29 is 23.1 Å². The van der Waals surface area contributed by atoms with E-state index in [-0.39, 0.29) is 31.2 Å². The van der Waals surface area contributed by atoms with E-state index >= 15 is 0 Å².